The summed E-state index contributed by atoms with van der Waals surface area (Å²) in [6.45, 7) is 4.43. The average Bonchev–Trinajstić information content (AvgIpc) is 2.56. The van der Waals surface area contributed by atoms with E-state index in [-0.39, 0.29) is 0 Å². The molecule has 0 radical (unpaired) electrons. The Hall–Kier alpha value is -2.60. The molecule has 0 saturated carbocycles. The van der Waals surface area contributed by atoms with Crippen LogP contribution in [0.3, 0.4) is 0 Å². The monoisotopic (exact) mass is 282 g/mol. The average molecular weight is 282 g/mol. The van der Waals surface area contributed by atoms with Gasteiger partial charge in [0.15, 0.2) is 0 Å². The fourth-order valence-corrected chi connectivity index (χ4v) is 3.31. The van der Waals surface area contributed by atoms with E-state index in [0.29, 0.717) is 0 Å². The van der Waals surface area contributed by atoms with Crippen molar-refractivity contribution in [1.29, 1.82) is 0 Å². The molecular weight excluding hydrogens is 264 g/mol. The van der Waals surface area contributed by atoms with Crippen molar-refractivity contribution in [3.05, 3.63) is 83.9 Å². The standard InChI is InChI=1S/C22H18/c1-15-13-19-9-5-6-10-21(19)22(16(15)2)20-12-11-17-7-3-4-8-18(17)14-20/h3-14H,1-2H3. The lowest BCUT2D eigenvalue weighted by atomic mass is 9.90. The summed E-state index contributed by atoms with van der Waals surface area (Å²) < 4.78 is 0. The summed E-state index contributed by atoms with van der Waals surface area (Å²) >= 11 is 0. The molecule has 0 N–H and O–H groups in total. The van der Waals surface area contributed by atoms with E-state index in [4.69, 9.17) is 0 Å². The predicted octanol–water partition coefficient (Wildman–Crippen LogP) is 6.28. The second kappa shape index (κ2) is 4.99. The van der Waals surface area contributed by atoms with Crippen molar-refractivity contribution >= 4 is 21.5 Å². The van der Waals surface area contributed by atoms with Crippen LogP contribution in [-0.2, 0) is 0 Å². The summed E-state index contributed by atoms with van der Waals surface area (Å²) in [4.78, 5) is 0. The number of aryl methyl sites for hydroxylation is 1. The molecule has 106 valence electrons. The van der Waals surface area contributed by atoms with Gasteiger partial charge in [-0.15, -0.1) is 0 Å². The van der Waals surface area contributed by atoms with Gasteiger partial charge < -0.3 is 0 Å². The third kappa shape index (κ3) is 2.00. The normalized spacial score (nSPS) is 11.2. The van der Waals surface area contributed by atoms with E-state index in [1.54, 1.807) is 0 Å². The van der Waals surface area contributed by atoms with Gasteiger partial charge in [0.2, 0.25) is 0 Å². The van der Waals surface area contributed by atoms with E-state index in [1.165, 1.54) is 43.8 Å². The van der Waals surface area contributed by atoms with Crippen LogP contribution in [0.5, 0.6) is 0 Å². The molecule has 22 heavy (non-hydrogen) atoms. The molecule has 0 atom stereocenters. The maximum absolute atomic E-state index is 2.31. The van der Waals surface area contributed by atoms with Crippen LogP contribution in [0, 0.1) is 13.8 Å². The minimum Gasteiger partial charge on any atom is -0.0616 e. The van der Waals surface area contributed by atoms with E-state index in [1.807, 2.05) is 0 Å². The first-order valence-electron chi connectivity index (χ1n) is 7.72. The van der Waals surface area contributed by atoms with E-state index < -0.39 is 0 Å². The van der Waals surface area contributed by atoms with Gasteiger partial charge in [0.1, 0.15) is 0 Å². The van der Waals surface area contributed by atoms with E-state index >= 15 is 0 Å². The second-order valence-corrected chi connectivity index (χ2v) is 5.98. The molecule has 0 saturated heterocycles. The lowest BCUT2D eigenvalue weighted by Crippen LogP contribution is -1.90. The summed E-state index contributed by atoms with van der Waals surface area (Å²) in [5.74, 6) is 0. The molecule has 0 spiro atoms. The van der Waals surface area contributed by atoms with Crippen LogP contribution < -0.4 is 0 Å². The first kappa shape index (κ1) is 13.1. The Morgan fingerprint density at radius 3 is 2.09 bits per heavy atom. The van der Waals surface area contributed by atoms with Gasteiger partial charge in [-0.05, 0) is 63.7 Å². The highest BCUT2D eigenvalue weighted by molar-refractivity contribution is 6.01. The van der Waals surface area contributed by atoms with Crippen molar-refractivity contribution in [2.24, 2.45) is 0 Å². The Bertz CT molecular complexity index is 993. The van der Waals surface area contributed by atoms with Gasteiger partial charge in [-0.25, -0.2) is 0 Å². The maximum atomic E-state index is 2.31. The minimum atomic E-state index is 1.29. The summed E-state index contributed by atoms with van der Waals surface area (Å²) in [5.41, 5.74) is 5.38. The molecule has 4 aromatic rings. The van der Waals surface area contributed by atoms with Gasteiger partial charge in [0.05, 0.1) is 0 Å². The molecule has 0 nitrogen and oxygen atoms in total. The zero-order valence-corrected chi connectivity index (χ0v) is 12.9. The van der Waals surface area contributed by atoms with Gasteiger partial charge in [0.25, 0.3) is 0 Å². The van der Waals surface area contributed by atoms with Crippen LogP contribution >= 0.6 is 0 Å². The van der Waals surface area contributed by atoms with Crippen molar-refractivity contribution in [2.45, 2.75) is 13.8 Å². The SMILES string of the molecule is Cc1cc2ccccc2c(-c2ccc3ccccc3c2)c1C. The zero-order valence-electron chi connectivity index (χ0n) is 12.9. The molecular formula is C22H18. The number of fused-ring (bicyclic) bond motifs is 2. The van der Waals surface area contributed by atoms with Crippen LogP contribution in [0.4, 0.5) is 0 Å². The van der Waals surface area contributed by atoms with Crippen LogP contribution in [-0.4, -0.2) is 0 Å². The molecule has 0 unspecified atom stereocenters. The lowest BCUT2D eigenvalue weighted by molar-refractivity contribution is 1.36. The summed E-state index contributed by atoms with van der Waals surface area (Å²) in [5, 5.41) is 5.24. The highest BCUT2D eigenvalue weighted by Gasteiger charge is 2.10. The topological polar surface area (TPSA) is 0 Å². The van der Waals surface area contributed by atoms with Gasteiger partial charge in [0, 0.05) is 0 Å². The summed E-state index contributed by atoms with van der Waals surface area (Å²) in [7, 11) is 0. The molecule has 0 heteroatoms. The number of benzene rings is 4. The highest BCUT2D eigenvalue weighted by Crippen LogP contribution is 2.35. The molecule has 0 fully saturated rings. The second-order valence-electron chi connectivity index (χ2n) is 5.98. The van der Waals surface area contributed by atoms with Crippen LogP contribution in [0.2, 0.25) is 0 Å². The molecule has 0 aromatic heterocycles. The van der Waals surface area contributed by atoms with E-state index in [9.17, 15) is 0 Å². The largest absolute Gasteiger partial charge is 0.0616 e. The van der Waals surface area contributed by atoms with Gasteiger partial charge in [-0.1, -0.05) is 66.7 Å². The summed E-state index contributed by atoms with van der Waals surface area (Å²) in [6, 6.07) is 26.3. The quantitative estimate of drug-likeness (QED) is 0.385. The Kier molecular flexibility index (Phi) is 2.97. The number of rotatable bonds is 1. The van der Waals surface area contributed by atoms with Crippen LogP contribution in [0.1, 0.15) is 11.1 Å². The molecule has 0 aliphatic heterocycles. The lowest BCUT2D eigenvalue weighted by Gasteiger charge is -2.14. The minimum absolute atomic E-state index is 1.29. The van der Waals surface area contributed by atoms with Crippen molar-refractivity contribution in [3.8, 4) is 11.1 Å². The smallest absolute Gasteiger partial charge is 0.00733 e. The molecule has 0 bridgehead atoms. The molecule has 0 aliphatic rings. The van der Waals surface area contributed by atoms with Gasteiger partial charge >= 0.3 is 0 Å². The highest BCUT2D eigenvalue weighted by atomic mass is 14.1. The molecule has 4 rings (SSSR count). The van der Waals surface area contributed by atoms with Crippen molar-refractivity contribution in [1.82, 2.24) is 0 Å². The fourth-order valence-electron chi connectivity index (χ4n) is 3.31. The molecule has 0 heterocycles. The van der Waals surface area contributed by atoms with Crippen molar-refractivity contribution in [3.63, 3.8) is 0 Å². The fraction of sp³-hybridized carbons (Fsp3) is 0.0909. The Balaban J connectivity index is 2.09. The Morgan fingerprint density at radius 1 is 0.591 bits per heavy atom. The van der Waals surface area contributed by atoms with Crippen molar-refractivity contribution in [2.75, 3.05) is 0 Å². The first-order valence-corrected chi connectivity index (χ1v) is 7.72. The van der Waals surface area contributed by atoms with Gasteiger partial charge in [-0.2, -0.15) is 0 Å². The Labute approximate surface area is 131 Å². The van der Waals surface area contributed by atoms with Crippen LogP contribution in [0.25, 0.3) is 32.7 Å². The first-order chi connectivity index (χ1) is 10.7. The molecule has 4 aromatic carbocycles. The molecule has 0 amide bonds. The van der Waals surface area contributed by atoms with E-state index in [0.717, 1.165) is 0 Å². The predicted molar refractivity (Wildman–Crippen MR) is 96.4 cm³/mol. The number of hydrogen-bond donors (Lipinski definition) is 0. The Morgan fingerprint density at radius 2 is 1.27 bits per heavy atom. The number of hydrogen-bond acceptors (Lipinski definition) is 0. The van der Waals surface area contributed by atoms with Gasteiger partial charge in [-0.3, -0.25) is 0 Å². The van der Waals surface area contributed by atoms with E-state index in [2.05, 4.69) is 86.6 Å². The molecule has 0 aliphatic carbocycles. The maximum Gasteiger partial charge on any atom is -0.00733 e. The zero-order chi connectivity index (χ0) is 15.1. The third-order valence-corrected chi connectivity index (χ3v) is 4.61. The third-order valence-electron chi connectivity index (χ3n) is 4.61. The van der Waals surface area contributed by atoms with Crippen molar-refractivity contribution < 1.29 is 0 Å². The summed E-state index contributed by atoms with van der Waals surface area (Å²) in [6.07, 6.45) is 0. The van der Waals surface area contributed by atoms with Crippen LogP contribution in [0.15, 0.2) is 72.8 Å².